The molecule has 2 rings (SSSR count). The lowest BCUT2D eigenvalue weighted by atomic mass is 10.2. The molecule has 1 aromatic carbocycles. The molecule has 3 N–H and O–H groups in total. The van der Waals surface area contributed by atoms with Gasteiger partial charge in [-0.05, 0) is 18.6 Å². The number of hydrogen-bond acceptors (Lipinski definition) is 8. The molecule has 10 nitrogen and oxygen atoms in total. The Morgan fingerprint density at radius 3 is 2.46 bits per heavy atom. The molecule has 10 heteroatoms. The number of hydrogen-bond donors (Lipinski definition) is 2. The van der Waals surface area contributed by atoms with Gasteiger partial charge in [0.1, 0.15) is 11.4 Å². The Hall–Kier alpha value is -3.56. The van der Waals surface area contributed by atoms with Crippen LogP contribution in [0.5, 0.6) is 11.5 Å². The van der Waals surface area contributed by atoms with Gasteiger partial charge >= 0.3 is 11.7 Å². The molecule has 2 aromatic rings. The molecule has 0 bridgehead atoms. The number of nitrogens with zero attached hydrogens (tertiary/aromatic N) is 1. The number of carbonyl (C=O) groups excluding carboxylic acids is 2. The van der Waals surface area contributed by atoms with Crippen molar-refractivity contribution in [3.63, 3.8) is 0 Å². The van der Waals surface area contributed by atoms with Crippen molar-refractivity contribution in [1.29, 1.82) is 0 Å². The van der Waals surface area contributed by atoms with Crippen LogP contribution in [0, 0.1) is 0 Å². The first kappa shape index (κ1) is 20.7. The quantitative estimate of drug-likeness (QED) is 0.460. The van der Waals surface area contributed by atoms with E-state index in [1.807, 2.05) is 11.9 Å². The highest BCUT2D eigenvalue weighted by molar-refractivity contribution is 6.01. The number of aromatic nitrogens is 2. The molecule has 0 unspecified atom stereocenters. The number of rotatable bonds is 9. The summed E-state index contributed by atoms with van der Waals surface area (Å²) in [6, 6.07) is 6.70. The molecule has 0 aliphatic heterocycles. The number of para-hydroxylation sites is 2. The highest BCUT2D eigenvalue weighted by Gasteiger charge is 2.20. The van der Waals surface area contributed by atoms with E-state index in [9.17, 15) is 19.2 Å². The molecule has 0 amide bonds. The van der Waals surface area contributed by atoms with Crippen molar-refractivity contribution < 1.29 is 23.8 Å². The number of nitrogen functional groups attached to an aromatic ring is 1. The van der Waals surface area contributed by atoms with Gasteiger partial charge in [0.25, 0.3) is 5.56 Å². The number of H-pyrrole nitrogens is 1. The second-order valence-corrected chi connectivity index (χ2v) is 5.69. The number of benzene rings is 1. The first-order valence-corrected chi connectivity index (χ1v) is 8.46. The molecule has 0 spiro atoms. The smallest absolute Gasteiger partial charge is 0.344 e. The van der Waals surface area contributed by atoms with E-state index in [0.717, 1.165) is 4.57 Å². The van der Waals surface area contributed by atoms with Gasteiger partial charge in [-0.1, -0.05) is 19.1 Å². The number of nitrogens with two attached hydrogens (primary N) is 1. The van der Waals surface area contributed by atoms with E-state index in [-0.39, 0.29) is 12.4 Å². The minimum Gasteiger partial charge on any atom is -0.493 e. The Labute approximate surface area is 159 Å². The van der Waals surface area contributed by atoms with Crippen LogP contribution in [0.1, 0.15) is 23.7 Å². The zero-order chi connectivity index (χ0) is 20.7. The fraction of sp³-hybridized carbons (Fsp3) is 0.333. The van der Waals surface area contributed by atoms with Crippen molar-refractivity contribution in [1.82, 2.24) is 9.55 Å². The summed E-state index contributed by atoms with van der Waals surface area (Å²) < 4.78 is 16.3. The highest BCUT2D eigenvalue weighted by atomic mass is 16.6. The van der Waals surface area contributed by atoms with E-state index in [1.54, 1.807) is 24.3 Å². The average molecular weight is 391 g/mol. The first-order chi connectivity index (χ1) is 13.4. The molecule has 1 heterocycles. The summed E-state index contributed by atoms with van der Waals surface area (Å²) in [5.41, 5.74) is 3.73. The van der Waals surface area contributed by atoms with Gasteiger partial charge in [0.05, 0.1) is 7.11 Å². The van der Waals surface area contributed by atoms with Gasteiger partial charge in [-0.2, -0.15) is 0 Å². The van der Waals surface area contributed by atoms with Crippen molar-refractivity contribution >= 4 is 17.6 Å². The van der Waals surface area contributed by atoms with Crippen molar-refractivity contribution in [2.24, 2.45) is 0 Å². The van der Waals surface area contributed by atoms with Crippen LogP contribution in [0.25, 0.3) is 0 Å². The zero-order valence-electron chi connectivity index (χ0n) is 15.5. The fourth-order valence-electron chi connectivity index (χ4n) is 2.44. The van der Waals surface area contributed by atoms with Crippen LogP contribution in [0.3, 0.4) is 0 Å². The summed E-state index contributed by atoms with van der Waals surface area (Å²) in [6.45, 7) is 0.858. The first-order valence-electron chi connectivity index (χ1n) is 8.46. The van der Waals surface area contributed by atoms with Gasteiger partial charge < -0.3 is 19.9 Å². The third kappa shape index (κ3) is 4.78. The second-order valence-electron chi connectivity index (χ2n) is 5.69. The Kier molecular flexibility index (Phi) is 6.96. The fourth-order valence-corrected chi connectivity index (χ4v) is 2.44. The van der Waals surface area contributed by atoms with E-state index in [0.29, 0.717) is 17.9 Å². The molecule has 0 radical (unpaired) electrons. The van der Waals surface area contributed by atoms with Crippen LogP contribution < -0.4 is 26.5 Å². The maximum atomic E-state index is 12.3. The van der Waals surface area contributed by atoms with Crippen LogP contribution >= 0.6 is 0 Å². The van der Waals surface area contributed by atoms with Gasteiger partial charge in [0.15, 0.2) is 24.7 Å². The molecular weight excluding hydrogens is 370 g/mol. The maximum Gasteiger partial charge on any atom is 0.344 e. The number of esters is 1. The summed E-state index contributed by atoms with van der Waals surface area (Å²) >= 11 is 0. The van der Waals surface area contributed by atoms with E-state index in [2.05, 4.69) is 0 Å². The monoisotopic (exact) mass is 391 g/mol. The molecular formula is C18H21N3O7. The Bertz CT molecular complexity index is 978. The summed E-state index contributed by atoms with van der Waals surface area (Å²) in [5.74, 6) is -1.14. The summed E-state index contributed by atoms with van der Waals surface area (Å²) in [6.07, 6.45) is 0.569. The molecule has 150 valence electrons. The van der Waals surface area contributed by atoms with Crippen molar-refractivity contribution in [3.05, 3.63) is 50.7 Å². The highest BCUT2D eigenvalue weighted by Crippen LogP contribution is 2.25. The number of ketones is 1. The normalized spacial score (nSPS) is 10.4. The average Bonchev–Trinajstić information content (AvgIpc) is 2.68. The number of aromatic amines is 1. The summed E-state index contributed by atoms with van der Waals surface area (Å²) in [7, 11) is 1.46. The lowest BCUT2D eigenvalue weighted by Gasteiger charge is -2.12. The zero-order valence-corrected chi connectivity index (χ0v) is 15.5. The predicted molar refractivity (Wildman–Crippen MR) is 99.8 cm³/mol. The molecule has 28 heavy (non-hydrogen) atoms. The SMILES string of the molecule is CCCn1c(N)c(C(=O)COC(=O)COc2ccccc2OC)c(=O)[nH]c1=O. The van der Waals surface area contributed by atoms with Gasteiger partial charge in [0, 0.05) is 6.54 Å². The third-order valence-corrected chi connectivity index (χ3v) is 3.74. The second kappa shape index (κ2) is 9.40. The van der Waals surface area contributed by atoms with Crippen LogP contribution in [-0.4, -0.2) is 41.6 Å². The topological polar surface area (TPSA) is 143 Å². The van der Waals surface area contributed by atoms with E-state index in [1.165, 1.54) is 7.11 Å². The minimum absolute atomic E-state index is 0.230. The number of anilines is 1. The van der Waals surface area contributed by atoms with E-state index < -0.39 is 41.8 Å². The molecule has 0 fully saturated rings. The molecule has 0 aliphatic carbocycles. The van der Waals surface area contributed by atoms with E-state index in [4.69, 9.17) is 19.9 Å². The van der Waals surface area contributed by atoms with Gasteiger partial charge in [-0.3, -0.25) is 19.1 Å². The number of methoxy groups -OCH3 is 1. The molecule has 0 aliphatic rings. The standard InChI is InChI=1S/C18H21N3O7/c1-3-8-21-16(19)15(17(24)20-18(21)25)11(22)9-28-14(23)10-27-13-7-5-4-6-12(13)26-2/h4-7H,3,8-10,19H2,1-2H3,(H,20,24,25). The Morgan fingerprint density at radius 1 is 1.14 bits per heavy atom. The third-order valence-electron chi connectivity index (χ3n) is 3.74. The predicted octanol–water partition coefficient (Wildman–Crippen LogP) is 0.342. The summed E-state index contributed by atoms with van der Waals surface area (Å²) in [4.78, 5) is 49.8. The molecule has 0 saturated carbocycles. The van der Waals surface area contributed by atoms with Crippen molar-refractivity contribution in [2.45, 2.75) is 19.9 Å². The van der Waals surface area contributed by atoms with Crippen LogP contribution in [0.4, 0.5) is 5.82 Å². The largest absolute Gasteiger partial charge is 0.493 e. The molecule has 1 aromatic heterocycles. The number of nitrogens with one attached hydrogen (secondary N) is 1. The molecule has 0 atom stereocenters. The van der Waals surface area contributed by atoms with Crippen LogP contribution in [-0.2, 0) is 16.1 Å². The lowest BCUT2D eigenvalue weighted by molar-refractivity contribution is -0.144. The Morgan fingerprint density at radius 2 is 1.82 bits per heavy atom. The van der Waals surface area contributed by atoms with E-state index >= 15 is 0 Å². The van der Waals surface area contributed by atoms with Crippen LogP contribution in [0.15, 0.2) is 33.9 Å². The van der Waals surface area contributed by atoms with Crippen molar-refractivity contribution in [2.75, 3.05) is 26.1 Å². The number of ether oxygens (including phenoxy) is 3. The van der Waals surface area contributed by atoms with Gasteiger partial charge in [-0.25, -0.2) is 9.59 Å². The number of Topliss-reactive ketones (excluding diaryl/α,β-unsaturated/α-hetero) is 1. The summed E-state index contributed by atoms with van der Waals surface area (Å²) in [5, 5.41) is 0. The van der Waals surface area contributed by atoms with Gasteiger partial charge in [0.2, 0.25) is 5.78 Å². The maximum absolute atomic E-state index is 12.3. The lowest BCUT2D eigenvalue weighted by Crippen LogP contribution is -2.37. The molecule has 0 saturated heterocycles. The minimum atomic E-state index is -0.929. The van der Waals surface area contributed by atoms with Crippen molar-refractivity contribution in [3.8, 4) is 11.5 Å². The van der Waals surface area contributed by atoms with Gasteiger partial charge in [-0.15, -0.1) is 0 Å². The Balaban J connectivity index is 2.02. The van der Waals surface area contributed by atoms with Crippen LogP contribution in [0.2, 0.25) is 0 Å². The number of carbonyl (C=O) groups is 2.